The molecule has 0 atom stereocenters. The molecule has 0 unspecified atom stereocenters. The number of rotatable bonds is 2. The minimum Gasteiger partial charge on any atom is -0.352 e. The lowest BCUT2D eigenvalue weighted by Gasteiger charge is -2.14. The monoisotopic (exact) mass is 241 g/mol. The molecule has 0 aliphatic carbocycles. The Labute approximate surface area is 96.3 Å². The molecule has 0 saturated carbocycles. The van der Waals surface area contributed by atoms with Crippen LogP contribution in [0.2, 0.25) is 0 Å². The number of hydrogen-bond donors (Lipinski definition) is 1. The molecule has 0 bridgehead atoms. The van der Waals surface area contributed by atoms with Gasteiger partial charge in [0, 0.05) is 6.54 Å². The van der Waals surface area contributed by atoms with Crippen LogP contribution < -0.4 is 5.32 Å². The summed E-state index contributed by atoms with van der Waals surface area (Å²) in [5.74, 6) is 0.0237. The van der Waals surface area contributed by atoms with Crippen LogP contribution in [-0.2, 0) is 6.42 Å². The van der Waals surface area contributed by atoms with Gasteiger partial charge in [0.2, 0.25) is 0 Å². The van der Waals surface area contributed by atoms with E-state index in [9.17, 15) is 9.59 Å². The zero-order valence-electron chi connectivity index (χ0n) is 8.55. The lowest BCUT2D eigenvalue weighted by Crippen LogP contribution is -2.31. The maximum absolute atomic E-state index is 11.7. The molecule has 0 aromatic carbocycles. The summed E-state index contributed by atoms with van der Waals surface area (Å²) < 4.78 is 0.951. The smallest absolute Gasteiger partial charge is 0.253 e. The minimum atomic E-state index is -0.0376. The number of fused-ring (bicyclic) bond motifs is 1. The standard InChI is InChI=1S/C10H11NO2S2/c1-5(12)8-6-3-4-11-9(13)7(6)10(14-2)15-8/h3-4H2,1-2H3,(H,11,13). The van der Waals surface area contributed by atoms with Gasteiger partial charge < -0.3 is 5.32 Å². The van der Waals surface area contributed by atoms with Crippen molar-refractivity contribution in [2.24, 2.45) is 0 Å². The van der Waals surface area contributed by atoms with E-state index in [0.717, 1.165) is 26.6 Å². The Morgan fingerprint density at radius 2 is 2.27 bits per heavy atom. The van der Waals surface area contributed by atoms with Crippen LogP contribution in [-0.4, -0.2) is 24.5 Å². The average Bonchev–Trinajstić information content (AvgIpc) is 2.58. The predicted molar refractivity (Wildman–Crippen MR) is 62.1 cm³/mol. The van der Waals surface area contributed by atoms with E-state index in [-0.39, 0.29) is 11.7 Å². The third-order valence-electron chi connectivity index (χ3n) is 2.37. The summed E-state index contributed by atoms with van der Waals surface area (Å²) in [7, 11) is 0. The van der Waals surface area contributed by atoms with Gasteiger partial charge in [0.1, 0.15) is 0 Å². The van der Waals surface area contributed by atoms with E-state index < -0.39 is 0 Å². The number of thiophene rings is 1. The van der Waals surface area contributed by atoms with E-state index >= 15 is 0 Å². The first kappa shape index (κ1) is 10.7. The molecule has 0 fully saturated rings. The van der Waals surface area contributed by atoms with Gasteiger partial charge in [-0.2, -0.15) is 0 Å². The Balaban J connectivity index is 2.62. The number of ketones is 1. The third kappa shape index (κ3) is 1.70. The highest BCUT2D eigenvalue weighted by Crippen LogP contribution is 2.36. The Hall–Kier alpha value is -0.810. The van der Waals surface area contributed by atoms with Gasteiger partial charge >= 0.3 is 0 Å². The quantitative estimate of drug-likeness (QED) is 0.636. The number of Topliss-reactive ketones (excluding diaryl/α,β-unsaturated/α-hetero) is 1. The lowest BCUT2D eigenvalue weighted by atomic mass is 10.0. The summed E-state index contributed by atoms with van der Waals surface area (Å²) in [5.41, 5.74) is 1.67. The van der Waals surface area contributed by atoms with Gasteiger partial charge in [-0.3, -0.25) is 9.59 Å². The van der Waals surface area contributed by atoms with Crippen molar-refractivity contribution in [1.82, 2.24) is 5.32 Å². The predicted octanol–water partition coefficient (Wildman–Crippen LogP) is 1.96. The fraction of sp³-hybridized carbons (Fsp3) is 0.400. The van der Waals surface area contributed by atoms with Crippen molar-refractivity contribution >= 4 is 34.8 Å². The molecular formula is C10H11NO2S2. The Morgan fingerprint density at radius 1 is 1.53 bits per heavy atom. The summed E-state index contributed by atoms with van der Waals surface area (Å²) >= 11 is 2.97. The zero-order chi connectivity index (χ0) is 11.0. The van der Waals surface area contributed by atoms with Crippen LogP contribution in [0.25, 0.3) is 0 Å². The molecule has 1 amide bonds. The van der Waals surface area contributed by atoms with Gasteiger partial charge in [0.05, 0.1) is 14.6 Å². The number of amides is 1. The maximum atomic E-state index is 11.7. The molecule has 5 heteroatoms. The normalized spacial score (nSPS) is 14.7. The van der Waals surface area contributed by atoms with E-state index in [1.54, 1.807) is 6.92 Å². The van der Waals surface area contributed by atoms with Crippen molar-refractivity contribution in [3.8, 4) is 0 Å². The Morgan fingerprint density at radius 3 is 2.87 bits per heavy atom. The Bertz CT molecular complexity index is 437. The SMILES string of the molecule is CSc1sc(C(C)=O)c2c1C(=O)NCC2. The van der Waals surface area contributed by atoms with Crippen LogP contribution in [0.3, 0.4) is 0 Å². The summed E-state index contributed by atoms with van der Waals surface area (Å²) in [6.45, 7) is 2.19. The summed E-state index contributed by atoms with van der Waals surface area (Å²) in [6, 6.07) is 0. The molecule has 0 spiro atoms. The van der Waals surface area contributed by atoms with Gasteiger partial charge in [-0.1, -0.05) is 0 Å². The van der Waals surface area contributed by atoms with Gasteiger partial charge in [-0.05, 0) is 25.2 Å². The molecule has 0 radical (unpaired) electrons. The largest absolute Gasteiger partial charge is 0.352 e. The molecule has 1 aromatic rings. The van der Waals surface area contributed by atoms with Crippen LogP contribution in [0.4, 0.5) is 0 Å². The lowest BCUT2D eigenvalue weighted by molar-refractivity contribution is 0.0944. The van der Waals surface area contributed by atoms with Crippen LogP contribution >= 0.6 is 23.1 Å². The molecule has 1 aromatic heterocycles. The highest BCUT2D eigenvalue weighted by Gasteiger charge is 2.27. The van der Waals surface area contributed by atoms with E-state index in [1.807, 2.05) is 6.26 Å². The highest BCUT2D eigenvalue weighted by molar-refractivity contribution is 8.00. The van der Waals surface area contributed by atoms with Crippen LogP contribution in [0.1, 0.15) is 32.5 Å². The van der Waals surface area contributed by atoms with Crippen LogP contribution in [0.15, 0.2) is 4.21 Å². The Kier molecular flexibility index (Phi) is 2.84. The van der Waals surface area contributed by atoms with Crippen LogP contribution in [0, 0.1) is 0 Å². The van der Waals surface area contributed by atoms with Crippen molar-refractivity contribution in [3.05, 3.63) is 16.0 Å². The summed E-state index contributed by atoms with van der Waals surface area (Å²) in [5, 5.41) is 2.81. The van der Waals surface area contributed by atoms with Gasteiger partial charge in [0.15, 0.2) is 5.78 Å². The molecule has 80 valence electrons. The number of nitrogens with one attached hydrogen (secondary N) is 1. The molecule has 15 heavy (non-hydrogen) atoms. The second kappa shape index (κ2) is 3.98. The number of carbonyl (C=O) groups excluding carboxylic acids is 2. The van der Waals surface area contributed by atoms with Gasteiger partial charge in [-0.15, -0.1) is 23.1 Å². The third-order valence-corrected chi connectivity index (χ3v) is 4.82. The zero-order valence-corrected chi connectivity index (χ0v) is 10.2. The van der Waals surface area contributed by atoms with Crippen molar-refractivity contribution in [1.29, 1.82) is 0 Å². The first-order valence-corrected chi connectivity index (χ1v) is 6.68. The van der Waals surface area contributed by atoms with E-state index in [4.69, 9.17) is 0 Å². The second-order valence-electron chi connectivity index (χ2n) is 3.34. The number of thioether (sulfide) groups is 1. The maximum Gasteiger partial charge on any atom is 0.253 e. The molecule has 0 saturated heterocycles. The second-order valence-corrected chi connectivity index (χ2v) is 5.43. The first-order chi connectivity index (χ1) is 7.15. The van der Waals surface area contributed by atoms with Crippen molar-refractivity contribution in [2.45, 2.75) is 17.6 Å². The molecule has 1 aliphatic rings. The molecule has 2 rings (SSSR count). The van der Waals surface area contributed by atoms with Crippen molar-refractivity contribution in [3.63, 3.8) is 0 Å². The number of carbonyl (C=O) groups is 2. The van der Waals surface area contributed by atoms with Crippen molar-refractivity contribution < 1.29 is 9.59 Å². The van der Waals surface area contributed by atoms with Crippen molar-refractivity contribution in [2.75, 3.05) is 12.8 Å². The fourth-order valence-electron chi connectivity index (χ4n) is 1.73. The molecular weight excluding hydrogens is 230 g/mol. The molecule has 2 heterocycles. The molecule has 3 nitrogen and oxygen atoms in total. The minimum absolute atomic E-state index is 0.0376. The van der Waals surface area contributed by atoms with E-state index in [2.05, 4.69) is 5.32 Å². The fourth-order valence-corrected chi connectivity index (χ4v) is 3.71. The topological polar surface area (TPSA) is 46.2 Å². The molecule has 1 aliphatic heterocycles. The summed E-state index contributed by atoms with van der Waals surface area (Å²) in [6.07, 6.45) is 2.70. The van der Waals surface area contributed by atoms with Gasteiger partial charge in [0.25, 0.3) is 5.91 Å². The number of hydrogen-bond acceptors (Lipinski definition) is 4. The van der Waals surface area contributed by atoms with E-state index in [0.29, 0.717) is 6.54 Å². The van der Waals surface area contributed by atoms with E-state index in [1.165, 1.54) is 23.1 Å². The highest BCUT2D eigenvalue weighted by atomic mass is 32.2. The summed E-state index contributed by atoms with van der Waals surface area (Å²) in [4.78, 5) is 23.8. The first-order valence-electron chi connectivity index (χ1n) is 4.64. The molecule has 1 N–H and O–H groups in total. The van der Waals surface area contributed by atoms with Crippen LogP contribution in [0.5, 0.6) is 0 Å². The van der Waals surface area contributed by atoms with Gasteiger partial charge in [-0.25, -0.2) is 0 Å². The average molecular weight is 241 g/mol.